The van der Waals surface area contributed by atoms with Crippen LogP contribution in [0, 0.1) is 13.1 Å². The third-order valence-electron chi connectivity index (χ3n) is 9.17. The van der Waals surface area contributed by atoms with E-state index < -0.39 is 57.3 Å². The number of halogens is 2. The molecule has 0 radical (unpaired) electrons. The molecule has 22 heteroatoms. The number of quaternary nitrogens is 1. The summed E-state index contributed by atoms with van der Waals surface area (Å²) in [5.41, 5.74) is 0. The van der Waals surface area contributed by atoms with E-state index in [4.69, 9.17) is 13.1 Å². The van der Waals surface area contributed by atoms with E-state index in [9.17, 15) is 35.5 Å². The maximum atomic E-state index is 11.6. The summed E-state index contributed by atoms with van der Waals surface area (Å²) < 4.78 is 72.1. The number of carbonyl (C=O) groups is 2. The summed E-state index contributed by atoms with van der Waals surface area (Å²) in [5, 5.41) is 1.13. The van der Waals surface area contributed by atoms with Gasteiger partial charge in [-0.25, -0.2) is 39.6 Å². The van der Waals surface area contributed by atoms with Crippen LogP contribution in [0.15, 0.2) is 0 Å². The standard InChI is InChI=1S/C16H36N.2C7H9N3O5S.CH3I.HI.Na/c1-5-9-13-17(14-10-6-2,15-11-7-3)16-12-8-4;2*1-8-6-3-2-5-4-9(6)7(11)10(5)15-16(12,13)14;1-2;;/h5-16H2,1-4H3;2*5-6H,2-4H2,(H,12,13,14);1H3;1H;/q+1;;;;;+1/p-2/t;2*5-,6+;;;/m.11.../s1. The van der Waals surface area contributed by atoms with E-state index in [-0.39, 0.29) is 66.6 Å². The van der Waals surface area contributed by atoms with Crippen LogP contribution in [-0.4, -0.2) is 131 Å². The van der Waals surface area contributed by atoms with Gasteiger partial charge in [0.25, 0.3) is 0 Å². The second kappa shape index (κ2) is 27.3. The van der Waals surface area contributed by atoms with E-state index >= 15 is 0 Å². The Bertz CT molecular complexity index is 1280. The van der Waals surface area contributed by atoms with Crippen LogP contribution in [0.2, 0.25) is 0 Å². The molecule has 0 saturated carbocycles. The smallest absolute Gasteiger partial charge is 0.724 e. The van der Waals surface area contributed by atoms with E-state index in [1.165, 1.54) is 91.8 Å². The molecule has 4 aliphatic rings. The number of alkyl halides is 1. The van der Waals surface area contributed by atoms with Crippen molar-refractivity contribution in [2.45, 2.75) is 129 Å². The summed E-state index contributed by atoms with van der Waals surface area (Å²) in [6, 6.07) is -2.39. The molecule has 0 aliphatic carbocycles. The molecule has 4 aliphatic heterocycles. The van der Waals surface area contributed by atoms with Crippen molar-refractivity contribution in [2.24, 2.45) is 0 Å². The fourth-order valence-corrected chi connectivity index (χ4v) is 7.29. The first kappa shape index (κ1) is 54.8. The van der Waals surface area contributed by atoms with Crippen LogP contribution < -0.4 is 29.6 Å². The molecule has 4 atom stereocenters. The average molecular weight is 1030 g/mol. The number of nitrogens with zero attached hydrogens (tertiary/aromatic N) is 7. The zero-order chi connectivity index (χ0) is 38.8. The van der Waals surface area contributed by atoms with Gasteiger partial charge in [-0.05, 0) is 43.5 Å². The molecule has 4 rings (SSSR count). The van der Waals surface area contributed by atoms with Gasteiger partial charge >= 0.3 is 54.0 Å². The van der Waals surface area contributed by atoms with Crippen LogP contribution >= 0.6 is 46.6 Å². The summed E-state index contributed by atoms with van der Waals surface area (Å²) in [4.78, 5) is 34.1. The molecule has 53 heavy (non-hydrogen) atoms. The van der Waals surface area contributed by atoms with Crippen molar-refractivity contribution in [3.63, 3.8) is 0 Å². The quantitative estimate of drug-likeness (QED) is 0.0423. The van der Waals surface area contributed by atoms with E-state index in [1.54, 1.807) is 0 Å². The second-order valence-corrected chi connectivity index (χ2v) is 14.8. The van der Waals surface area contributed by atoms with Crippen molar-refractivity contribution in [3.8, 4) is 0 Å². The maximum absolute atomic E-state index is 11.6. The summed E-state index contributed by atoms with van der Waals surface area (Å²) in [5.74, 6) is 0. The first-order chi connectivity index (χ1) is 24.1. The van der Waals surface area contributed by atoms with Crippen LogP contribution in [-0.2, 0) is 29.4 Å². The van der Waals surface area contributed by atoms with Crippen LogP contribution in [0.3, 0.4) is 0 Å². The van der Waals surface area contributed by atoms with Crippen molar-refractivity contribution in [1.82, 2.24) is 19.9 Å². The largest absolute Gasteiger partial charge is 1.00 e. The summed E-state index contributed by atoms with van der Waals surface area (Å²) in [6.45, 7) is 29.2. The Morgan fingerprint density at radius 1 is 0.679 bits per heavy atom. The Kier molecular flexibility index (Phi) is 28.3. The third kappa shape index (κ3) is 18.2. The molecule has 0 spiro atoms. The van der Waals surface area contributed by atoms with E-state index in [1.807, 2.05) is 4.93 Å². The predicted octanol–water partition coefficient (Wildman–Crippen LogP) is 2.72. The van der Waals surface area contributed by atoms with Crippen molar-refractivity contribution < 1.29 is 78.1 Å². The number of carbonyl (C=O) groups excluding carboxylic acids is 2. The van der Waals surface area contributed by atoms with Crippen molar-refractivity contribution in [2.75, 3.05) is 44.2 Å². The summed E-state index contributed by atoms with van der Waals surface area (Å²) in [7, 11) is -9.90. The zero-order valence-corrected chi connectivity index (χ0v) is 40.0. The molecule has 302 valence electrons. The Labute approximate surface area is 370 Å². The number of unbranched alkanes of at least 4 members (excludes halogenated alkanes) is 4. The van der Waals surface area contributed by atoms with Gasteiger partial charge in [-0.2, -0.15) is 18.7 Å². The molecule has 4 amide bonds. The minimum atomic E-state index is -4.95. The van der Waals surface area contributed by atoms with Gasteiger partial charge < -0.3 is 13.6 Å². The van der Waals surface area contributed by atoms with Gasteiger partial charge in [0.2, 0.25) is 20.8 Å². The van der Waals surface area contributed by atoms with Gasteiger partial charge in [0.15, 0.2) is 0 Å². The second-order valence-electron chi connectivity index (χ2n) is 12.8. The molecular formula is C31H56I2N7NaO10S2. The van der Waals surface area contributed by atoms with Crippen molar-refractivity contribution in [3.05, 3.63) is 22.8 Å². The molecule has 17 nitrogen and oxygen atoms in total. The van der Waals surface area contributed by atoms with Gasteiger partial charge in [-0.1, -0.05) is 76.0 Å². The van der Waals surface area contributed by atoms with Gasteiger partial charge in [-0.3, -0.25) is 19.5 Å². The first-order valence-corrected chi connectivity index (χ1v) is 22.4. The number of piperidine rings is 2. The van der Waals surface area contributed by atoms with E-state index in [0.717, 1.165) is 0 Å². The van der Waals surface area contributed by atoms with Crippen LogP contribution in [0.4, 0.5) is 9.59 Å². The Morgan fingerprint density at radius 3 is 1.19 bits per heavy atom. The Hall–Kier alpha value is -0.320. The fourth-order valence-electron chi connectivity index (χ4n) is 6.53. The zero-order valence-electron chi connectivity index (χ0n) is 31.9. The number of amides is 4. The molecule has 0 aromatic rings. The average Bonchev–Trinajstić information content (AvgIpc) is 3.48. The molecule has 4 bridgehead atoms. The number of fused-ring (bicyclic) bond motifs is 4. The minimum Gasteiger partial charge on any atom is -0.724 e. The number of urea groups is 2. The van der Waals surface area contributed by atoms with Gasteiger partial charge in [-0.15, -0.1) is 24.0 Å². The predicted molar refractivity (Wildman–Crippen MR) is 211 cm³/mol. The number of hydroxylamine groups is 4. The topological polar surface area (TPSA) is 189 Å². The van der Waals surface area contributed by atoms with Crippen LogP contribution in [0.5, 0.6) is 0 Å². The molecule has 4 heterocycles. The number of rotatable bonds is 16. The van der Waals surface area contributed by atoms with Crippen molar-refractivity contribution >= 4 is 79.4 Å². The monoisotopic (exact) mass is 1030 g/mol. The van der Waals surface area contributed by atoms with E-state index in [2.05, 4.69) is 68.5 Å². The molecular weight excluding hydrogens is 971 g/mol. The Balaban J connectivity index is 0. The Morgan fingerprint density at radius 2 is 0.962 bits per heavy atom. The fraction of sp³-hybridized carbons (Fsp3) is 0.871. The molecule has 0 N–H and O–H groups in total. The van der Waals surface area contributed by atoms with Gasteiger partial charge in [0, 0.05) is 12.8 Å². The van der Waals surface area contributed by atoms with Crippen LogP contribution in [0.25, 0.3) is 9.69 Å². The van der Waals surface area contributed by atoms with Gasteiger partial charge in [0.05, 0.1) is 51.4 Å². The minimum absolute atomic E-state index is 0. The maximum Gasteiger partial charge on any atom is 1.00 e. The summed E-state index contributed by atoms with van der Waals surface area (Å²) in [6.07, 6.45) is 11.7. The first-order valence-electron chi connectivity index (χ1n) is 17.6. The number of hydrogen-bond acceptors (Lipinski definition) is 10. The molecule has 0 aromatic heterocycles. The normalized spacial score (nSPS) is 21.7. The van der Waals surface area contributed by atoms with Crippen LogP contribution in [0.1, 0.15) is 105 Å². The van der Waals surface area contributed by atoms with Crippen molar-refractivity contribution in [1.29, 1.82) is 0 Å². The van der Waals surface area contributed by atoms with E-state index in [0.29, 0.717) is 35.8 Å². The third-order valence-corrected chi connectivity index (χ3v) is 9.85. The summed E-state index contributed by atoms with van der Waals surface area (Å²) >= 11 is 2.15. The molecule has 4 saturated heterocycles. The van der Waals surface area contributed by atoms with Gasteiger partial charge in [0.1, 0.15) is 0 Å². The molecule has 0 unspecified atom stereocenters. The molecule has 0 aromatic carbocycles. The number of hydrogen-bond donors (Lipinski definition) is 0. The molecule has 4 fully saturated rings. The SMILES string of the molecule is CCCC[N+](CCCC)(CCCC)CCCC.CI.I.[C-]#[N+][C@@H]1CC[C@@H]2CN1C(=O)N2OS(=O)(=O)[O-].[C-]#[N+][C@@H]1CC[C@@H]2CN1C(=O)N2OS(=O)(=O)[O-].[Na+].